The molecule has 3 N–H and O–H groups in total. The van der Waals surface area contributed by atoms with Gasteiger partial charge in [-0.05, 0) is 132 Å². The van der Waals surface area contributed by atoms with Crippen LogP contribution in [0, 0.1) is 5.92 Å². The molecule has 0 aromatic heterocycles. The molecule has 1 spiro atoms. The quantitative estimate of drug-likeness (QED) is 0.0680. The van der Waals surface area contributed by atoms with Crippen LogP contribution in [-0.4, -0.2) is 82.3 Å². The van der Waals surface area contributed by atoms with Crippen LogP contribution in [0.1, 0.15) is 77.8 Å². The summed E-state index contributed by atoms with van der Waals surface area (Å²) in [5.74, 6) is 1.09. The minimum Gasteiger partial charge on any atom is -0.497 e. The predicted molar refractivity (Wildman–Crippen MR) is 239 cm³/mol. The number of allylic oxidation sites excluding steroid dienone is 3. The molecule has 59 heavy (non-hydrogen) atoms. The zero-order chi connectivity index (χ0) is 42.5. The van der Waals surface area contributed by atoms with Crippen LogP contribution < -0.4 is 29.8 Å². The van der Waals surface area contributed by atoms with Gasteiger partial charge in [0.15, 0.2) is 5.60 Å². The van der Waals surface area contributed by atoms with Gasteiger partial charge in [-0.1, -0.05) is 60.6 Å². The fourth-order valence-corrected chi connectivity index (χ4v) is 13.7. The summed E-state index contributed by atoms with van der Waals surface area (Å²) in [5.41, 5.74) is 5.09. The normalized spacial score (nSPS) is 22.8. The van der Waals surface area contributed by atoms with E-state index in [1.54, 1.807) is 12.0 Å². The molecule has 11 heteroatoms. The summed E-state index contributed by atoms with van der Waals surface area (Å²) >= 11 is 0. The number of anilines is 3. The lowest BCUT2D eigenvalue weighted by molar-refractivity contribution is -0.146. The Hall–Kier alpha value is -4.26. The number of amides is 2. The van der Waals surface area contributed by atoms with E-state index in [1.165, 1.54) is 16.3 Å². The molecule has 1 unspecified atom stereocenters. The molecule has 3 aliphatic heterocycles. The zero-order valence-corrected chi connectivity index (χ0v) is 37.3. The minimum atomic E-state index is -2.40. The van der Waals surface area contributed by atoms with Crippen molar-refractivity contribution in [2.45, 2.75) is 110 Å². The van der Waals surface area contributed by atoms with E-state index in [0.717, 1.165) is 53.3 Å². The van der Waals surface area contributed by atoms with Crippen molar-refractivity contribution in [3.05, 3.63) is 95.1 Å². The summed E-state index contributed by atoms with van der Waals surface area (Å²) in [7, 11) is -0.732. The lowest BCUT2D eigenvalue weighted by Gasteiger charge is -2.37. The summed E-state index contributed by atoms with van der Waals surface area (Å²) < 4.78 is 18.6. The number of fused-ring (bicyclic) bond motifs is 3. The Morgan fingerprint density at radius 2 is 1.69 bits per heavy atom. The molecule has 0 bridgehead atoms. The first-order valence-corrected chi connectivity index (χ1v) is 24.5. The number of ether oxygens (including phenoxy) is 3. The van der Waals surface area contributed by atoms with Gasteiger partial charge in [0.25, 0.3) is 5.91 Å². The molecule has 3 aliphatic rings. The van der Waals surface area contributed by atoms with Crippen molar-refractivity contribution < 1.29 is 34.0 Å². The summed E-state index contributed by atoms with van der Waals surface area (Å²) in [6.45, 7) is 16.7. The number of nitrogens with zero attached hydrogens (tertiary/aromatic N) is 2. The molecule has 10 nitrogen and oxygen atoms in total. The lowest BCUT2D eigenvalue weighted by Crippen LogP contribution is -2.52. The van der Waals surface area contributed by atoms with Crippen LogP contribution in [0.3, 0.4) is 0 Å². The number of aliphatic hydroxyl groups excluding tert-OH is 2. The molecule has 3 heterocycles. The average Bonchev–Trinajstić information content (AvgIpc) is 3.64. The smallest absolute Gasteiger partial charge is 0.264 e. The van der Waals surface area contributed by atoms with Gasteiger partial charge in [0, 0.05) is 36.9 Å². The van der Waals surface area contributed by atoms with E-state index in [9.17, 15) is 15.0 Å². The summed E-state index contributed by atoms with van der Waals surface area (Å²) in [5, 5.41) is 24.6. The van der Waals surface area contributed by atoms with Crippen LogP contribution in [0.5, 0.6) is 11.5 Å². The molecule has 318 valence electrons. The maximum atomic E-state index is 15.4. The largest absolute Gasteiger partial charge is 0.497 e. The molecule has 1 fully saturated rings. The van der Waals surface area contributed by atoms with E-state index in [1.807, 2.05) is 60.4 Å². The van der Waals surface area contributed by atoms with Crippen molar-refractivity contribution in [2.24, 2.45) is 5.92 Å². The second-order valence-corrected chi connectivity index (χ2v) is 21.9. The van der Waals surface area contributed by atoms with Crippen LogP contribution in [-0.2, 0) is 26.3 Å². The van der Waals surface area contributed by atoms with Crippen LogP contribution >= 0.6 is 0 Å². The van der Waals surface area contributed by atoms with Crippen molar-refractivity contribution in [2.75, 3.05) is 49.8 Å². The molecule has 5 atom stereocenters. The third-order valence-electron chi connectivity index (χ3n) is 12.7. The van der Waals surface area contributed by atoms with E-state index >= 15 is 4.79 Å². The van der Waals surface area contributed by atoms with Crippen molar-refractivity contribution in [3.63, 3.8) is 0 Å². The van der Waals surface area contributed by atoms with Crippen LogP contribution in [0.4, 0.5) is 17.1 Å². The van der Waals surface area contributed by atoms with Gasteiger partial charge in [-0.3, -0.25) is 14.5 Å². The molecule has 6 rings (SSSR count). The van der Waals surface area contributed by atoms with Gasteiger partial charge in [-0.15, -0.1) is 0 Å². The Balaban J connectivity index is 1.48. The number of nitrogens with one attached hydrogen (secondary N) is 1. The second-order valence-electron chi connectivity index (χ2n) is 17.2. The van der Waals surface area contributed by atoms with Crippen LogP contribution in [0.25, 0.3) is 0 Å². The van der Waals surface area contributed by atoms with Gasteiger partial charge in [0.05, 0.1) is 45.3 Å². The summed E-state index contributed by atoms with van der Waals surface area (Å²) in [6.07, 6.45) is 8.15. The highest BCUT2D eigenvalue weighted by molar-refractivity contribution is 6.91. The molecule has 3 aromatic carbocycles. The van der Waals surface area contributed by atoms with Crippen molar-refractivity contribution >= 4 is 42.1 Å². The number of aliphatic hydroxyl groups is 2. The highest BCUT2D eigenvalue weighted by atomic mass is 28.3. The summed E-state index contributed by atoms with van der Waals surface area (Å²) in [6, 6.07) is 19.6. The molecule has 0 radical (unpaired) electrons. The highest BCUT2D eigenvalue weighted by Gasteiger charge is 2.66. The van der Waals surface area contributed by atoms with E-state index in [4.69, 9.17) is 14.2 Å². The maximum absolute atomic E-state index is 15.4. The Morgan fingerprint density at radius 1 is 0.966 bits per heavy atom. The van der Waals surface area contributed by atoms with Crippen LogP contribution in [0.15, 0.2) is 84.0 Å². The van der Waals surface area contributed by atoms with Gasteiger partial charge >= 0.3 is 0 Å². The SMILES string of the molecule is CCOc1ccc2c(c1)CC(NCCCCO)C(=O)N2c1ccc2c(c1)[C@@]1(O[C@H](CCO)[C@@H]([Si](C)(C)c3ccc(OC)cc3)[C@@H]1C)C(=O)N2C/C=C(\C)CCC=C(C)C. The van der Waals surface area contributed by atoms with E-state index < -0.39 is 19.7 Å². The number of methoxy groups -OCH3 is 1. The number of carbonyl (C=O) groups is 2. The number of hydrogen-bond donors (Lipinski definition) is 3. The number of rotatable bonds is 18. The number of unbranched alkanes of at least 4 members (excludes halogenated alkanes) is 1. The van der Waals surface area contributed by atoms with Crippen molar-refractivity contribution in [1.82, 2.24) is 5.32 Å². The first kappa shape index (κ1) is 44.3. The zero-order valence-electron chi connectivity index (χ0n) is 36.3. The highest BCUT2D eigenvalue weighted by Crippen LogP contribution is 2.60. The van der Waals surface area contributed by atoms with Gasteiger partial charge in [-0.2, -0.15) is 0 Å². The van der Waals surface area contributed by atoms with Gasteiger partial charge in [0.1, 0.15) is 11.5 Å². The molecular weight excluding hydrogens is 759 g/mol. The minimum absolute atomic E-state index is 0.0216. The van der Waals surface area contributed by atoms with E-state index in [2.05, 4.69) is 70.4 Å². The molecule has 2 amide bonds. The third-order valence-corrected chi connectivity index (χ3v) is 17.1. The fraction of sp³-hybridized carbons (Fsp3) is 0.500. The molecule has 0 saturated carbocycles. The third kappa shape index (κ3) is 8.82. The Bertz CT molecular complexity index is 2030. The topological polar surface area (TPSA) is 121 Å². The van der Waals surface area contributed by atoms with Gasteiger partial charge in [-0.25, -0.2) is 0 Å². The predicted octanol–water partition coefficient (Wildman–Crippen LogP) is 7.68. The lowest BCUT2D eigenvalue weighted by atomic mass is 9.82. The first-order valence-electron chi connectivity index (χ1n) is 21.4. The molecule has 3 aromatic rings. The average molecular weight is 824 g/mol. The Kier molecular flexibility index (Phi) is 14.2. The van der Waals surface area contributed by atoms with Crippen molar-refractivity contribution in [1.29, 1.82) is 0 Å². The number of carbonyl (C=O) groups excluding carboxylic acids is 2. The molecular formula is C48H65N3O7Si. The first-order chi connectivity index (χ1) is 28.3. The summed E-state index contributed by atoms with van der Waals surface area (Å²) in [4.78, 5) is 33.7. The van der Waals surface area contributed by atoms with Crippen molar-refractivity contribution in [3.8, 4) is 11.5 Å². The van der Waals surface area contributed by atoms with Gasteiger partial charge < -0.3 is 34.6 Å². The maximum Gasteiger partial charge on any atom is 0.264 e. The molecule has 0 aliphatic carbocycles. The standard InChI is InChI=1S/C48H65N3O7Si/c1-9-57-38-18-22-42-35(29-38)30-41(49-25-10-11-27-52)46(54)51(42)36-15-21-43-40(31-36)48(47(55)50(43)26-23-33(4)14-12-13-32(2)3)34(5)45(44(58-48)24-28-53)59(7,8)39-19-16-37(56-6)17-20-39/h13,15-23,29,31,34,41,44-45,49,52-53H,9-12,14,24-28,30H2,1-8H3/b33-23+/t34-,41?,44+,45-,48+/m0/s1. The van der Waals surface area contributed by atoms with Gasteiger partial charge in [0.2, 0.25) is 5.91 Å². The van der Waals surface area contributed by atoms with E-state index in [-0.39, 0.29) is 42.6 Å². The Labute approximate surface area is 352 Å². The molecule has 1 saturated heterocycles. The number of hydrogen-bond acceptors (Lipinski definition) is 8. The fourth-order valence-electron chi connectivity index (χ4n) is 9.68. The second kappa shape index (κ2) is 19.0. The van der Waals surface area contributed by atoms with Crippen LogP contribution in [0.2, 0.25) is 18.6 Å². The van der Waals surface area contributed by atoms with E-state index in [0.29, 0.717) is 44.6 Å². The Morgan fingerprint density at radius 3 is 2.37 bits per heavy atom. The monoisotopic (exact) mass is 823 g/mol. The number of benzene rings is 3.